The number of alkyl halides is 3. The van der Waals surface area contributed by atoms with Gasteiger partial charge in [-0.1, -0.05) is 19.8 Å². The zero-order valence-corrected chi connectivity index (χ0v) is 19.2. The minimum absolute atomic E-state index is 0.125. The summed E-state index contributed by atoms with van der Waals surface area (Å²) in [4.78, 5) is 42.6. The lowest BCUT2D eigenvalue weighted by Crippen LogP contribution is -2.49. The van der Waals surface area contributed by atoms with Crippen LogP contribution < -0.4 is 4.90 Å². The van der Waals surface area contributed by atoms with Gasteiger partial charge in [-0.25, -0.2) is 4.39 Å². The first-order valence-electron chi connectivity index (χ1n) is 11.5. The van der Waals surface area contributed by atoms with Crippen molar-refractivity contribution in [3.63, 3.8) is 0 Å². The Hall–Kier alpha value is -3.43. The molecule has 0 unspecified atom stereocenters. The van der Waals surface area contributed by atoms with Crippen molar-refractivity contribution in [2.45, 2.75) is 32.4 Å². The molecule has 35 heavy (non-hydrogen) atoms. The molecule has 4 rings (SSSR count). The molecule has 3 amide bonds. The summed E-state index contributed by atoms with van der Waals surface area (Å²) in [6, 6.07) is 6.87. The molecule has 2 aromatic rings. The number of hydrogen-bond acceptors (Lipinski definition) is 4. The van der Waals surface area contributed by atoms with Crippen LogP contribution in [0, 0.1) is 5.82 Å². The minimum Gasteiger partial charge on any atom is -0.368 e. The lowest BCUT2D eigenvalue weighted by atomic mass is 10.0. The summed E-state index contributed by atoms with van der Waals surface area (Å²) in [5.41, 5.74) is -0.506. The van der Waals surface area contributed by atoms with Crippen molar-refractivity contribution in [1.82, 2.24) is 9.80 Å². The van der Waals surface area contributed by atoms with Crippen molar-refractivity contribution < 1.29 is 31.9 Å². The quantitative estimate of drug-likeness (QED) is 0.337. The predicted molar refractivity (Wildman–Crippen MR) is 121 cm³/mol. The van der Waals surface area contributed by atoms with Crippen molar-refractivity contribution in [1.29, 1.82) is 0 Å². The van der Waals surface area contributed by atoms with E-state index in [0.717, 1.165) is 19.3 Å². The lowest BCUT2D eigenvalue weighted by molar-refractivity contribution is -0.138. The SMILES string of the molecule is CCCCCN1C(=O)c2ccc(N3CCN(C(=O)c4cc(F)ccc4C(F)(F)F)CC3)cc2C1=O. The number of rotatable bonds is 6. The number of hydrogen-bond donors (Lipinski definition) is 0. The third-order valence-corrected chi connectivity index (χ3v) is 6.39. The highest BCUT2D eigenvalue weighted by molar-refractivity contribution is 6.21. The molecule has 2 aliphatic rings. The third kappa shape index (κ3) is 4.87. The molecule has 0 aliphatic carbocycles. The molecule has 6 nitrogen and oxygen atoms in total. The monoisotopic (exact) mass is 491 g/mol. The van der Waals surface area contributed by atoms with Crippen molar-refractivity contribution >= 4 is 23.4 Å². The number of fused-ring (bicyclic) bond motifs is 1. The summed E-state index contributed by atoms with van der Waals surface area (Å²) >= 11 is 0. The van der Waals surface area contributed by atoms with E-state index >= 15 is 0 Å². The van der Waals surface area contributed by atoms with E-state index < -0.39 is 29.0 Å². The number of halogens is 4. The Morgan fingerprint density at radius 3 is 2.26 bits per heavy atom. The summed E-state index contributed by atoms with van der Waals surface area (Å²) in [7, 11) is 0. The second kappa shape index (κ2) is 9.67. The fraction of sp³-hybridized carbons (Fsp3) is 0.400. The number of carbonyl (C=O) groups excluding carboxylic acids is 3. The Balaban J connectivity index is 1.46. The normalized spacial score (nSPS) is 16.2. The van der Waals surface area contributed by atoms with Gasteiger partial charge >= 0.3 is 6.18 Å². The highest BCUT2D eigenvalue weighted by atomic mass is 19.4. The lowest BCUT2D eigenvalue weighted by Gasteiger charge is -2.36. The summed E-state index contributed by atoms with van der Waals surface area (Å²) < 4.78 is 53.6. The molecule has 0 saturated carbocycles. The van der Waals surface area contributed by atoms with E-state index in [9.17, 15) is 31.9 Å². The molecule has 0 bridgehead atoms. The maximum atomic E-state index is 13.6. The largest absolute Gasteiger partial charge is 0.417 e. The van der Waals surface area contributed by atoms with E-state index in [2.05, 4.69) is 0 Å². The second-order valence-corrected chi connectivity index (χ2v) is 8.67. The fourth-order valence-electron chi connectivity index (χ4n) is 4.48. The van der Waals surface area contributed by atoms with Crippen molar-refractivity contribution in [2.24, 2.45) is 0 Å². The number of carbonyl (C=O) groups is 3. The number of imide groups is 1. The van der Waals surface area contributed by atoms with Crippen LogP contribution in [-0.4, -0.2) is 60.2 Å². The van der Waals surface area contributed by atoms with Gasteiger partial charge in [-0.15, -0.1) is 0 Å². The maximum Gasteiger partial charge on any atom is 0.417 e. The third-order valence-electron chi connectivity index (χ3n) is 6.39. The standard InChI is InChI=1S/C25H25F4N3O3/c1-2-3-4-9-32-23(34)18-7-6-17(15-19(18)24(32)35)30-10-12-31(13-11-30)22(33)20-14-16(26)5-8-21(20)25(27,28)29/h5-8,14-15H,2-4,9-13H2,1H3. The number of piperazine rings is 1. The molecule has 1 saturated heterocycles. The number of nitrogens with zero attached hydrogens (tertiary/aromatic N) is 3. The fourth-order valence-corrected chi connectivity index (χ4v) is 4.48. The first-order valence-corrected chi connectivity index (χ1v) is 11.5. The van der Waals surface area contributed by atoms with Gasteiger partial charge in [0, 0.05) is 38.4 Å². The van der Waals surface area contributed by atoms with E-state index in [-0.39, 0.29) is 24.9 Å². The molecule has 0 spiro atoms. The molecule has 10 heteroatoms. The highest BCUT2D eigenvalue weighted by Crippen LogP contribution is 2.33. The first kappa shape index (κ1) is 24.7. The van der Waals surface area contributed by atoms with Crippen molar-refractivity contribution in [3.05, 3.63) is 64.5 Å². The van der Waals surface area contributed by atoms with Crippen LogP contribution in [0.2, 0.25) is 0 Å². The molecular weight excluding hydrogens is 466 g/mol. The second-order valence-electron chi connectivity index (χ2n) is 8.67. The van der Waals surface area contributed by atoms with Crippen LogP contribution in [0.5, 0.6) is 0 Å². The Morgan fingerprint density at radius 2 is 1.60 bits per heavy atom. The molecule has 186 valence electrons. The van der Waals surface area contributed by atoms with Gasteiger partial charge in [0.25, 0.3) is 17.7 Å². The van der Waals surface area contributed by atoms with Crippen LogP contribution in [0.1, 0.15) is 62.8 Å². The van der Waals surface area contributed by atoms with E-state index in [1.165, 1.54) is 9.80 Å². The Labute approximate surface area is 200 Å². The van der Waals surface area contributed by atoms with Gasteiger partial charge in [-0.2, -0.15) is 13.2 Å². The molecule has 0 atom stereocenters. The van der Waals surface area contributed by atoms with Crippen LogP contribution >= 0.6 is 0 Å². The molecule has 0 aromatic heterocycles. The summed E-state index contributed by atoms with van der Waals surface area (Å²) in [5.74, 6) is -2.43. The number of unbranched alkanes of at least 4 members (excludes halogenated alkanes) is 2. The summed E-state index contributed by atoms with van der Waals surface area (Å²) in [5, 5.41) is 0. The van der Waals surface area contributed by atoms with Crippen molar-refractivity contribution in [2.75, 3.05) is 37.6 Å². The Morgan fingerprint density at radius 1 is 0.914 bits per heavy atom. The van der Waals surface area contributed by atoms with Gasteiger partial charge in [0.05, 0.1) is 22.3 Å². The number of benzene rings is 2. The number of amides is 3. The molecule has 0 N–H and O–H groups in total. The molecular formula is C25H25F4N3O3. The van der Waals surface area contributed by atoms with E-state index in [4.69, 9.17) is 0 Å². The zero-order valence-electron chi connectivity index (χ0n) is 19.2. The van der Waals surface area contributed by atoms with Crippen molar-refractivity contribution in [3.8, 4) is 0 Å². The van der Waals surface area contributed by atoms with Gasteiger partial charge < -0.3 is 9.80 Å². The summed E-state index contributed by atoms with van der Waals surface area (Å²) in [6.07, 6.45) is -2.15. The van der Waals surface area contributed by atoms with Crippen LogP contribution in [0.25, 0.3) is 0 Å². The highest BCUT2D eigenvalue weighted by Gasteiger charge is 2.38. The Bertz CT molecular complexity index is 1160. The molecule has 0 radical (unpaired) electrons. The topological polar surface area (TPSA) is 60.9 Å². The molecule has 2 heterocycles. The number of anilines is 1. The first-order chi connectivity index (χ1) is 16.6. The average molecular weight is 491 g/mol. The van der Waals surface area contributed by atoms with Crippen LogP contribution in [0.15, 0.2) is 36.4 Å². The van der Waals surface area contributed by atoms with Gasteiger partial charge in [0.15, 0.2) is 0 Å². The average Bonchev–Trinajstić information content (AvgIpc) is 3.07. The van der Waals surface area contributed by atoms with Gasteiger partial charge in [0.2, 0.25) is 0 Å². The maximum absolute atomic E-state index is 13.6. The van der Waals surface area contributed by atoms with Gasteiger partial charge in [-0.3, -0.25) is 19.3 Å². The van der Waals surface area contributed by atoms with E-state index in [1.807, 2.05) is 11.8 Å². The van der Waals surface area contributed by atoms with Crippen LogP contribution in [-0.2, 0) is 6.18 Å². The van der Waals surface area contributed by atoms with Gasteiger partial charge in [-0.05, 0) is 42.8 Å². The van der Waals surface area contributed by atoms with Crippen LogP contribution in [0.3, 0.4) is 0 Å². The summed E-state index contributed by atoms with van der Waals surface area (Å²) in [6.45, 7) is 3.28. The molecule has 2 aliphatic heterocycles. The smallest absolute Gasteiger partial charge is 0.368 e. The minimum atomic E-state index is -4.78. The van der Waals surface area contributed by atoms with E-state index in [1.54, 1.807) is 18.2 Å². The molecule has 2 aromatic carbocycles. The zero-order chi connectivity index (χ0) is 25.3. The van der Waals surface area contributed by atoms with E-state index in [0.29, 0.717) is 54.6 Å². The Kier molecular flexibility index (Phi) is 6.82. The van der Waals surface area contributed by atoms with Crippen LogP contribution in [0.4, 0.5) is 23.2 Å². The molecule has 1 fully saturated rings. The predicted octanol–water partition coefficient (Wildman–Crippen LogP) is 4.59. The van der Waals surface area contributed by atoms with Gasteiger partial charge in [0.1, 0.15) is 5.82 Å².